The minimum atomic E-state index is 0.593. The number of nitrogens with zero attached hydrogens (tertiary/aromatic N) is 3. The van der Waals surface area contributed by atoms with Gasteiger partial charge in [0.05, 0.1) is 0 Å². The van der Waals surface area contributed by atoms with E-state index in [2.05, 4.69) is 41.8 Å². The number of aromatic nitrogens is 3. The number of fused-ring (bicyclic) bond motifs is 1. The molecule has 0 saturated carbocycles. The van der Waals surface area contributed by atoms with Crippen LogP contribution >= 0.6 is 31.9 Å². The van der Waals surface area contributed by atoms with Crippen molar-refractivity contribution >= 4 is 37.5 Å². The summed E-state index contributed by atoms with van der Waals surface area (Å²) in [6.07, 6.45) is 1.89. The van der Waals surface area contributed by atoms with Gasteiger partial charge >= 0.3 is 0 Å². The molecule has 0 radical (unpaired) electrons. The Labute approximate surface area is 79.7 Å². The van der Waals surface area contributed by atoms with Gasteiger partial charge in [-0.25, -0.2) is 4.98 Å². The molecular formula is C6H3Br2N3. The summed E-state index contributed by atoms with van der Waals surface area (Å²) < 4.78 is 3.19. The van der Waals surface area contributed by atoms with Gasteiger partial charge in [-0.2, -0.15) is 4.98 Å². The van der Waals surface area contributed by atoms with Gasteiger partial charge in [0.2, 0.25) is 4.73 Å². The van der Waals surface area contributed by atoms with Crippen molar-refractivity contribution in [3.05, 3.63) is 27.8 Å². The van der Waals surface area contributed by atoms with Crippen LogP contribution in [-0.2, 0) is 0 Å². The summed E-state index contributed by atoms with van der Waals surface area (Å²) in [5.74, 6) is 0. The van der Waals surface area contributed by atoms with Gasteiger partial charge in [-0.15, -0.1) is 0 Å². The minimum Gasteiger partial charge on any atom is -0.280 e. The zero-order valence-corrected chi connectivity index (χ0v) is 8.50. The lowest BCUT2D eigenvalue weighted by Gasteiger charge is -1.96. The van der Waals surface area contributed by atoms with Gasteiger partial charge in [0.1, 0.15) is 5.65 Å². The molecule has 5 heteroatoms. The van der Waals surface area contributed by atoms with Gasteiger partial charge in [0.25, 0.3) is 0 Å². The second-order valence-corrected chi connectivity index (χ2v) is 3.42. The molecule has 2 aromatic rings. The maximum absolute atomic E-state index is 4.14. The van der Waals surface area contributed by atoms with Gasteiger partial charge < -0.3 is 0 Å². The smallest absolute Gasteiger partial charge is 0.201 e. The Hall–Kier alpha value is -0.420. The van der Waals surface area contributed by atoms with Crippen molar-refractivity contribution in [3.8, 4) is 0 Å². The highest BCUT2D eigenvalue weighted by Gasteiger charge is 2.00. The molecule has 0 aliphatic heterocycles. The van der Waals surface area contributed by atoms with Gasteiger partial charge in [0, 0.05) is 6.20 Å². The maximum atomic E-state index is 4.14. The van der Waals surface area contributed by atoms with E-state index < -0.39 is 0 Å². The molecule has 0 saturated heterocycles. The highest BCUT2D eigenvalue weighted by molar-refractivity contribution is 9.11. The van der Waals surface area contributed by atoms with Crippen LogP contribution in [0.4, 0.5) is 0 Å². The summed E-state index contributed by atoms with van der Waals surface area (Å²) in [7, 11) is 0. The lowest BCUT2D eigenvalue weighted by atomic mass is 10.6. The number of hydrogen-bond donors (Lipinski definition) is 0. The largest absolute Gasteiger partial charge is 0.280 e. The zero-order chi connectivity index (χ0) is 7.84. The Bertz CT molecular complexity index is 396. The normalized spacial score (nSPS) is 10.7. The van der Waals surface area contributed by atoms with Crippen molar-refractivity contribution in [1.29, 1.82) is 0 Å². The average molecular weight is 277 g/mol. The first-order valence-corrected chi connectivity index (χ1v) is 4.52. The van der Waals surface area contributed by atoms with Gasteiger partial charge in [0.15, 0.2) is 4.73 Å². The van der Waals surface area contributed by atoms with Crippen molar-refractivity contribution in [2.24, 2.45) is 0 Å². The molecule has 2 heterocycles. The molecular weight excluding hydrogens is 274 g/mol. The summed E-state index contributed by atoms with van der Waals surface area (Å²) in [6.45, 7) is 0. The number of rotatable bonds is 0. The first-order chi connectivity index (χ1) is 5.27. The lowest BCUT2D eigenvalue weighted by molar-refractivity contribution is 0.956. The molecule has 2 aromatic heterocycles. The molecule has 2 rings (SSSR count). The second kappa shape index (κ2) is 2.57. The highest BCUT2D eigenvalue weighted by Crippen LogP contribution is 2.13. The van der Waals surface area contributed by atoms with Crippen molar-refractivity contribution in [1.82, 2.24) is 14.4 Å². The summed E-state index contributed by atoms with van der Waals surface area (Å²) in [5.41, 5.74) is 0.874. The Balaban J connectivity index is 2.91. The van der Waals surface area contributed by atoms with E-state index in [4.69, 9.17) is 0 Å². The van der Waals surface area contributed by atoms with Gasteiger partial charge in [-0.3, -0.25) is 4.40 Å². The molecule has 0 aliphatic rings. The van der Waals surface area contributed by atoms with E-state index in [0.717, 1.165) is 10.4 Å². The third-order valence-electron chi connectivity index (χ3n) is 1.32. The van der Waals surface area contributed by atoms with E-state index in [1.807, 2.05) is 22.7 Å². The van der Waals surface area contributed by atoms with Crippen LogP contribution in [0, 0.1) is 0 Å². The summed E-state index contributed by atoms with van der Waals surface area (Å²) in [6, 6.07) is 3.83. The van der Waals surface area contributed by atoms with E-state index in [1.165, 1.54) is 0 Å². The second-order valence-electron chi connectivity index (χ2n) is 2.00. The fourth-order valence-electron chi connectivity index (χ4n) is 0.869. The Morgan fingerprint density at radius 1 is 1.27 bits per heavy atom. The molecule has 0 atom stereocenters. The standard InChI is InChI=1S/C6H3Br2N3/c7-5-9-4-2-1-3-11(4)6(8)10-5/h1-3H. The van der Waals surface area contributed by atoms with Crippen molar-refractivity contribution in [2.45, 2.75) is 0 Å². The summed E-state index contributed by atoms with van der Waals surface area (Å²) in [4.78, 5) is 8.19. The molecule has 3 nitrogen and oxygen atoms in total. The average Bonchev–Trinajstić information content (AvgIpc) is 2.34. The summed E-state index contributed by atoms with van der Waals surface area (Å²) >= 11 is 6.51. The van der Waals surface area contributed by atoms with Crippen LogP contribution in [0.1, 0.15) is 0 Å². The zero-order valence-electron chi connectivity index (χ0n) is 5.33. The van der Waals surface area contributed by atoms with Crippen LogP contribution < -0.4 is 0 Å². The van der Waals surface area contributed by atoms with Crippen molar-refractivity contribution in [2.75, 3.05) is 0 Å². The van der Waals surface area contributed by atoms with E-state index in [-0.39, 0.29) is 0 Å². The monoisotopic (exact) mass is 275 g/mol. The molecule has 11 heavy (non-hydrogen) atoms. The number of halogens is 2. The van der Waals surface area contributed by atoms with E-state index in [1.54, 1.807) is 0 Å². The van der Waals surface area contributed by atoms with Crippen LogP contribution in [0.2, 0.25) is 0 Å². The first-order valence-electron chi connectivity index (χ1n) is 2.93. The predicted octanol–water partition coefficient (Wildman–Crippen LogP) is 2.25. The molecule has 0 aromatic carbocycles. The molecule has 0 aliphatic carbocycles. The molecule has 0 unspecified atom stereocenters. The molecule has 0 spiro atoms. The molecule has 56 valence electrons. The molecule has 0 bridgehead atoms. The number of hydrogen-bond acceptors (Lipinski definition) is 2. The highest BCUT2D eigenvalue weighted by atomic mass is 79.9. The molecule has 0 N–H and O–H groups in total. The fourth-order valence-corrected chi connectivity index (χ4v) is 1.92. The van der Waals surface area contributed by atoms with Gasteiger partial charge in [-0.1, -0.05) is 0 Å². The third kappa shape index (κ3) is 1.18. The Kier molecular flexibility index (Phi) is 1.69. The SMILES string of the molecule is Brc1nc(Br)n2cccc2n1. The van der Waals surface area contributed by atoms with Crippen LogP contribution in [0.25, 0.3) is 5.65 Å². The van der Waals surface area contributed by atoms with Gasteiger partial charge in [-0.05, 0) is 44.0 Å². The van der Waals surface area contributed by atoms with Crippen LogP contribution in [0.3, 0.4) is 0 Å². The first kappa shape index (κ1) is 7.24. The van der Waals surface area contributed by atoms with Crippen LogP contribution in [0.5, 0.6) is 0 Å². The van der Waals surface area contributed by atoms with E-state index >= 15 is 0 Å². The van der Waals surface area contributed by atoms with Crippen LogP contribution in [0.15, 0.2) is 27.8 Å². The maximum Gasteiger partial charge on any atom is 0.201 e. The van der Waals surface area contributed by atoms with E-state index in [0.29, 0.717) is 4.73 Å². The third-order valence-corrected chi connectivity index (χ3v) is 2.23. The Morgan fingerprint density at radius 3 is 2.91 bits per heavy atom. The Morgan fingerprint density at radius 2 is 2.09 bits per heavy atom. The predicted molar refractivity (Wildman–Crippen MR) is 48.4 cm³/mol. The summed E-state index contributed by atoms with van der Waals surface area (Å²) in [5, 5.41) is 0. The topological polar surface area (TPSA) is 30.2 Å². The molecule has 0 fully saturated rings. The quantitative estimate of drug-likeness (QED) is 0.739. The van der Waals surface area contributed by atoms with Crippen molar-refractivity contribution < 1.29 is 0 Å². The van der Waals surface area contributed by atoms with E-state index in [9.17, 15) is 0 Å². The van der Waals surface area contributed by atoms with Crippen LogP contribution in [-0.4, -0.2) is 14.4 Å². The molecule has 0 amide bonds. The fraction of sp³-hybridized carbons (Fsp3) is 0. The lowest BCUT2D eigenvalue weighted by Crippen LogP contribution is -1.93. The minimum absolute atomic E-state index is 0.593. The van der Waals surface area contributed by atoms with Crippen molar-refractivity contribution in [3.63, 3.8) is 0 Å².